The molecule has 8 bridgehead atoms. The maximum Gasteiger partial charge on any atom is 0.342 e. The van der Waals surface area contributed by atoms with Gasteiger partial charge in [-0.15, -0.1) is 0 Å². The average Bonchev–Trinajstić information content (AvgIpc) is 4.14. The Morgan fingerprint density at radius 3 is 0.859 bits per heavy atom. The summed E-state index contributed by atoms with van der Waals surface area (Å²) in [5.41, 5.74) is 5.24. The maximum atomic E-state index is 13.4. The Labute approximate surface area is 363 Å². The number of ether oxygens (including phenoxy) is 4. The van der Waals surface area contributed by atoms with E-state index in [-0.39, 0.29) is 71.7 Å². The summed E-state index contributed by atoms with van der Waals surface area (Å²) >= 11 is 0. The molecule has 0 radical (unpaired) electrons. The Hall–Kier alpha value is -8.40. The molecule has 0 fully saturated rings. The van der Waals surface area contributed by atoms with Crippen LogP contribution in [0.15, 0.2) is 91.3 Å². The van der Waals surface area contributed by atoms with Crippen LogP contribution in [0.3, 0.4) is 0 Å². The maximum absolute atomic E-state index is 13.4. The second-order valence-corrected chi connectivity index (χ2v) is 14.0. The predicted octanol–water partition coefficient (Wildman–Crippen LogP) is 10.4. The van der Waals surface area contributed by atoms with Gasteiger partial charge >= 0.3 is 23.9 Å². The molecule has 322 valence electrons. The van der Waals surface area contributed by atoms with Crippen LogP contribution in [0.5, 0.6) is 0 Å². The van der Waals surface area contributed by atoms with Gasteiger partial charge in [-0.05, 0) is 101 Å². The van der Waals surface area contributed by atoms with Gasteiger partial charge in [0.05, 0.1) is 119 Å². The fraction of sp³-hybridized carbons (Fsp3) is 0.167. The number of aromatic amines is 2. The molecule has 2 N–H and O–H groups in total. The summed E-state index contributed by atoms with van der Waals surface area (Å²) in [5, 5.41) is 0. The normalized spacial score (nSPS) is 11.8. The van der Waals surface area contributed by atoms with Gasteiger partial charge in [-0.1, -0.05) is 0 Å². The molecule has 0 aromatic carbocycles. The smallest absolute Gasteiger partial charge is 0.342 e. The van der Waals surface area contributed by atoms with Crippen LogP contribution in [0.4, 0.5) is 0 Å². The molecule has 0 amide bonds. The minimum atomic E-state index is -0.615. The molecule has 0 saturated heterocycles. The van der Waals surface area contributed by atoms with Gasteiger partial charge in [0, 0.05) is 0 Å². The minimum Gasteiger partial charge on any atom is -0.463 e. The third-order valence-electron chi connectivity index (χ3n) is 10.3. The average molecular weight is 863 g/mol. The van der Waals surface area contributed by atoms with Crippen molar-refractivity contribution >= 4 is 70.2 Å². The van der Waals surface area contributed by atoms with Gasteiger partial charge in [0.1, 0.15) is 22.3 Å². The second kappa shape index (κ2) is 17.2. The van der Waals surface area contributed by atoms with Gasteiger partial charge in [-0.25, -0.2) is 29.1 Å². The summed E-state index contributed by atoms with van der Waals surface area (Å²) in [4.78, 5) is 70.7. The van der Waals surface area contributed by atoms with Gasteiger partial charge in [0.25, 0.3) is 0 Å². The number of carbonyl (C=O) groups is 4. The van der Waals surface area contributed by atoms with Crippen molar-refractivity contribution < 1.29 is 55.8 Å². The SMILES string of the molecule is CCOC(=O)c1ccoc1-c1c2nc(c(-c3occc3C(=O)OCC)c3ccc([nH]3)c(-c3occc3C(=O)OCC)c3nc(c(-c4occc4C(=O)OCC)c4ccc1[nH]4)C=C3)C=C2. The van der Waals surface area contributed by atoms with Crippen molar-refractivity contribution in [3.05, 3.63) is 119 Å². The van der Waals surface area contributed by atoms with E-state index in [2.05, 4.69) is 9.97 Å². The molecule has 16 nitrogen and oxygen atoms in total. The highest BCUT2D eigenvalue weighted by Crippen LogP contribution is 2.41. The molecule has 0 aliphatic carbocycles. The van der Waals surface area contributed by atoms with E-state index in [1.807, 2.05) is 0 Å². The predicted molar refractivity (Wildman–Crippen MR) is 233 cm³/mol. The molecule has 9 rings (SSSR count). The van der Waals surface area contributed by atoms with E-state index in [4.69, 9.17) is 46.6 Å². The first kappa shape index (κ1) is 41.0. The Kier molecular flexibility index (Phi) is 11.0. The number of carbonyl (C=O) groups excluding carboxylic acids is 4. The van der Waals surface area contributed by atoms with Crippen LogP contribution in [0.2, 0.25) is 0 Å². The van der Waals surface area contributed by atoms with Gasteiger partial charge in [0.2, 0.25) is 0 Å². The summed E-state index contributed by atoms with van der Waals surface area (Å²) in [5.74, 6) is -1.84. The zero-order valence-electron chi connectivity index (χ0n) is 34.9. The molecule has 2 aliphatic heterocycles. The summed E-state index contributed by atoms with van der Waals surface area (Å²) in [7, 11) is 0. The number of esters is 4. The largest absolute Gasteiger partial charge is 0.463 e. The zero-order valence-corrected chi connectivity index (χ0v) is 34.9. The lowest BCUT2D eigenvalue weighted by Crippen LogP contribution is -2.05. The molecule has 0 unspecified atom stereocenters. The molecule has 0 saturated carbocycles. The lowest BCUT2D eigenvalue weighted by Gasteiger charge is -2.07. The van der Waals surface area contributed by atoms with Gasteiger partial charge < -0.3 is 46.6 Å². The highest BCUT2D eigenvalue weighted by molar-refractivity contribution is 6.06. The fourth-order valence-electron chi connectivity index (χ4n) is 7.65. The summed E-state index contributed by atoms with van der Waals surface area (Å²) < 4.78 is 45.9. The third-order valence-corrected chi connectivity index (χ3v) is 10.3. The van der Waals surface area contributed by atoms with Gasteiger partial charge in [0.15, 0.2) is 23.0 Å². The monoisotopic (exact) mass is 862 g/mol. The van der Waals surface area contributed by atoms with Crippen LogP contribution in [-0.4, -0.2) is 70.2 Å². The van der Waals surface area contributed by atoms with Crippen LogP contribution < -0.4 is 0 Å². The van der Waals surface area contributed by atoms with Gasteiger partial charge in [-0.3, -0.25) is 0 Å². The first-order chi connectivity index (χ1) is 31.2. The molecule has 64 heavy (non-hydrogen) atoms. The number of hydrogen-bond donors (Lipinski definition) is 2. The first-order valence-corrected chi connectivity index (χ1v) is 20.4. The van der Waals surface area contributed by atoms with Crippen molar-refractivity contribution in [1.29, 1.82) is 0 Å². The number of fused-ring (bicyclic) bond motifs is 8. The molecular weight excluding hydrogens is 825 g/mol. The van der Waals surface area contributed by atoms with Crippen molar-refractivity contribution in [3.8, 4) is 45.3 Å². The van der Waals surface area contributed by atoms with Crippen molar-refractivity contribution in [2.24, 2.45) is 0 Å². The molecule has 7 aromatic heterocycles. The minimum absolute atomic E-state index is 0.120. The zero-order chi connectivity index (χ0) is 44.5. The second-order valence-electron chi connectivity index (χ2n) is 14.0. The standard InChI is InChI=1S/C48H38N4O12/c1-5-57-45(53)25-17-21-61-41(25)37-29-9-11-31(49-29)38(42-26(18-22-62-42)46(54)58-6-2)33-13-15-35(51-33)40(44-28(20-24-64-44)48(56)60-8-4)36-16-14-34(52-36)39(32-12-10-30(37)50-32)43-27(19-23-63-43)47(55)59-7-3/h9-24,49,52H,5-8H2,1-4H3. The number of furan rings is 4. The number of rotatable bonds is 12. The number of nitrogens with one attached hydrogen (secondary N) is 2. The van der Waals surface area contributed by atoms with Crippen molar-refractivity contribution in [2.45, 2.75) is 27.7 Å². The Morgan fingerprint density at radius 1 is 0.406 bits per heavy atom. The van der Waals surface area contributed by atoms with E-state index in [0.29, 0.717) is 67.1 Å². The number of H-pyrrole nitrogens is 2. The summed E-state index contributed by atoms with van der Waals surface area (Å²) in [6.45, 7) is 7.30. The molecule has 9 heterocycles. The quantitative estimate of drug-likeness (QED) is 0.0863. The number of aromatic nitrogens is 4. The van der Waals surface area contributed by atoms with Crippen LogP contribution >= 0.6 is 0 Å². The molecule has 16 heteroatoms. The van der Waals surface area contributed by atoms with Crippen LogP contribution in [0.1, 0.15) is 91.9 Å². The summed E-state index contributed by atoms with van der Waals surface area (Å²) in [6, 6.07) is 13.1. The molecule has 0 spiro atoms. The van der Waals surface area contributed by atoms with E-state index >= 15 is 0 Å². The van der Waals surface area contributed by atoms with E-state index in [0.717, 1.165) is 0 Å². The molecule has 7 aromatic rings. The first-order valence-electron chi connectivity index (χ1n) is 20.4. The summed E-state index contributed by atoms with van der Waals surface area (Å²) in [6.07, 6.45) is 12.5. The highest BCUT2D eigenvalue weighted by atomic mass is 16.5. The molecule has 0 atom stereocenters. The lowest BCUT2D eigenvalue weighted by atomic mass is 10.1. The fourth-order valence-corrected chi connectivity index (χ4v) is 7.65. The Balaban J connectivity index is 1.46. The third kappa shape index (κ3) is 7.19. The van der Waals surface area contributed by atoms with E-state index in [9.17, 15) is 19.2 Å². The van der Waals surface area contributed by atoms with E-state index in [1.54, 1.807) is 76.3 Å². The van der Waals surface area contributed by atoms with Crippen molar-refractivity contribution in [1.82, 2.24) is 19.9 Å². The van der Waals surface area contributed by atoms with E-state index < -0.39 is 23.9 Å². The molecular formula is C48H38N4O12. The van der Waals surface area contributed by atoms with Crippen LogP contribution in [0.25, 0.3) is 91.7 Å². The number of hydrogen-bond acceptors (Lipinski definition) is 14. The highest BCUT2D eigenvalue weighted by Gasteiger charge is 2.29. The van der Waals surface area contributed by atoms with Crippen molar-refractivity contribution in [3.63, 3.8) is 0 Å². The Morgan fingerprint density at radius 2 is 0.641 bits per heavy atom. The lowest BCUT2D eigenvalue weighted by molar-refractivity contribution is 0.0517. The van der Waals surface area contributed by atoms with Crippen LogP contribution in [0, 0.1) is 0 Å². The van der Waals surface area contributed by atoms with Crippen molar-refractivity contribution in [2.75, 3.05) is 26.4 Å². The van der Waals surface area contributed by atoms with Crippen LogP contribution in [-0.2, 0) is 18.9 Å². The topological polar surface area (TPSA) is 215 Å². The molecule has 2 aliphatic rings. The van der Waals surface area contributed by atoms with Gasteiger partial charge in [-0.2, -0.15) is 0 Å². The van der Waals surface area contributed by atoms with E-state index in [1.165, 1.54) is 49.3 Å². The Bertz CT molecular complexity index is 2800. The number of nitrogens with zero attached hydrogens (tertiary/aromatic N) is 2.